The minimum Gasteiger partial charge on any atom is -0.399 e. The van der Waals surface area contributed by atoms with E-state index in [0.717, 1.165) is 18.5 Å². The van der Waals surface area contributed by atoms with Crippen molar-refractivity contribution in [1.29, 1.82) is 0 Å². The first kappa shape index (κ1) is 13.8. The first-order chi connectivity index (χ1) is 9.20. The van der Waals surface area contributed by atoms with Gasteiger partial charge in [-0.25, -0.2) is 0 Å². The van der Waals surface area contributed by atoms with Gasteiger partial charge in [0.1, 0.15) is 6.61 Å². The van der Waals surface area contributed by atoms with Crippen LogP contribution >= 0.6 is 0 Å². The Balaban J connectivity index is 1.83. The molecule has 104 valence electrons. The fourth-order valence-corrected chi connectivity index (χ4v) is 2.33. The van der Waals surface area contributed by atoms with Gasteiger partial charge in [0, 0.05) is 12.8 Å². The molecule has 0 fully saturated rings. The van der Waals surface area contributed by atoms with E-state index in [0.29, 0.717) is 13.2 Å². The molecule has 19 heavy (non-hydrogen) atoms. The van der Waals surface area contributed by atoms with Crippen LogP contribution < -0.4 is 11.1 Å². The summed E-state index contributed by atoms with van der Waals surface area (Å²) in [6.07, 6.45) is 1.87. The highest BCUT2D eigenvalue weighted by molar-refractivity contribution is 5.78. The van der Waals surface area contributed by atoms with E-state index in [1.807, 2.05) is 18.2 Å². The third kappa shape index (κ3) is 3.68. The van der Waals surface area contributed by atoms with Crippen molar-refractivity contribution in [3.8, 4) is 0 Å². The Hall–Kier alpha value is -1.59. The van der Waals surface area contributed by atoms with Crippen molar-refractivity contribution in [2.24, 2.45) is 0 Å². The van der Waals surface area contributed by atoms with Crippen LogP contribution in [0.2, 0.25) is 0 Å². The molecule has 0 saturated heterocycles. The molecule has 5 heteroatoms. The molecular formula is C14H20N2O3. The lowest BCUT2D eigenvalue weighted by atomic mass is 10.1. The number of carbonyl (C=O) groups excluding carboxylic acids is 1. The number of nitrogens with one attached hydrogen (secondary N) is 1. The maximum absolute atomic E-state index is 11.7. The molecule has 0 aromatic heterocycles. The molecule has 0 bridgehead atoms. The topological polar surface area (TPSA) is 73.6 Å². The third-order valence-electron chi connectivity index (χ3n) is 3.24. The number of nitrogen functional groups attached to an aromatic ring is 1. The van der Waals surface area contributed by atoms with Gasteiger partial charge >= 0.3 is 0 Å². The van der Waals surface area contributed by atoms with Crippen molar-refractivity contribution in [2.45, 2.75) is 18.9 Å². The number of carbonyl (C=O) groups is 1. The lowest BCUT2D eigenvalue weighted by Gasteiger charge is -2.14. The van der Waals surface area contributed by atoms with Crippen LogP contribution in [0.5, 0.6) is 0 Å². The van der Waals surface area contributed by atoms with Gasteiger partial charge in [-0.1, -0.05) is 6.07 Å². The van der Waals surface area contributed by atoms with Crippen LogP contribution in [0.15, 0.2) is 18.2 Å². The summed E-state index contributed by atoms with van der Waals surface area (Å²) in [7, 11) is 1.60. The number of amides is 1. The van der Waals surface area contributed by atoms with Gasteiger partial charge in [0.2, 0.25) is 5.91 Å². The molecule has 1 amide bonds. The molecule has 1 atom stereocenters. The number of anilines is 1. The summed E-state index contributed by atoms with van der Waals surface area (Å²) in [5, 5.41) is 2.99. The third-order valence-corrected chi connectivity index (χ3v) is 3.24. The lowest BCUT2D eigenvalue weighted by molar-refractivity contribution is -0.126. The highest BCUT2D eigenvalue weighted by atomic mass is 16.5. The number of fused-ring (bicyclic) bond motifs is 1. The monoisotopic (exact) mass is 264 g/mol. The summed E-state index contributed by atoms with van der Waals surface area (Å²) in [6, 6.07) is 5.93. The van der Waals surface area contributed by atoms with Crippen molar-refractivity contribution in [1.82, 2.24) is 5.32 Å². The van der Waals surface area contributed by atoms with Gasteiger partial charge < -0.3 is 20.5 Å². The zero-order valence-electron chi connectivity index (χ0n) is 11.1. The van der Waals surface area contributed by atoms with Crippen LogP contribution in [0.25, 0.3) is 0 Å². The minimum atomic E-state index is -0.0919. The average Bonchev–Trinajstić information content (AvgIpc) is 2.77. The Morgan fingerprint density at radius 2 is 2.32 bits per heavy atom. The molecule has 0 aliphatic heterocycles. The maximum Gasteiger partial charge on any atom is 0.246 e. The van der Waals surface area contributed by atoms with E-state index in [4.69, 9.17) is 15.2 Å². The van der Waals surface area contributed by atoms with Crippen LogP contribution in [0.4, 0.5) is 5.69 Å². The first-order valence-electron chi connectivity index (χ1n) is 6.45. The smallest absolute Gasteiger partial charge is 0.246 e. The number of benzene rings is 1. The van der Waals surface area contributed by atoms with Crippen LogP contribution in [-0.4, -0.2) is 32.8 Å². The summed E-state index contributed by atoms with van der Waals surface area (Å²) < 4.78 is 10.0. The standard InChI is InChI=1S/C14H20N2O3/c1-18-6-7-19-9-14(17)16-13-5-2-10-8-11(15)3-4-12(10)13/h3-4,8,13H,2,5-7,9,15H2,1H3,(H,16,17). The maximum atomic E-state index is 11.7. The van der Waals surface area contributed by atoms with Crippen molar-refractivity contribution < 1.29 is 14.3 Å². The van der Waals surface area contributed by atoms with Gasteiger partial charge in [-0.15, -0.1) is 0 Å². The van der Waals surface area contributed by atoms with Crippen molar-refractivity contribution in [3.63, 3.8) is 0 Å². The Kier molecular flexibility index (Phi) is 4.76. The van der Waals surface area contributed by atoms with E-state index in [-0.39, 0.29) is 18.6 Å². The van der Waals surface area contributed by atoms with Crippen molar-refractivity contribution in [3.05, 3.63) is 29.3 Å². The van der Waals surface area contributed by atoms with Gasteiger partial charge in [0.05, 0.1) is 19.3 Å². The summed E-state index contributed by atoms with van der Waals surface area (Å²) in [5.41, 5.74) is 8.92. The molecule has 0 spiro atoms. The fraction of sp³-hybridized carbons (Fsp3) is 0.500. The number of rotatable bonds is 6. The molecule has 1 unspecified atom stereocenters. The summed E-state index contributed by atoms with van der Waals surface area (Å²) in [6.45, 7) is 1.00. The molecule has 2 rings (SSSR count). The molecule has 1 aliphatic rings. The first-order valence-corrected chi connectivity index (χ1v) is 6.45. The van der Waals surface area contributed by atoms with E-state index in [2.05, 4.69) is 5.32 Å². The van der Waals surface area contributed by atoms with Gasteiger partial charge in [0.25, 0.3) is 0 Å². The second kappa shape index (κ2) is 6.54. The molecule has 1 aromatic carbocycles. The zero-order chi connectivity index (χ0) is 13.7. The van der Waals surface area contributed by atoms with Gasteiger partial charge in [-0.05, 0) is 36.1 Å². The number of methoxy groups -OCH3 is 1. The van der Waals surface area contributed by atoms with E-state index in [1.54, 1.807) is 7.11 Å². The van der Waals surface area contributed by atoms with Gasteiger partial charge in [-0.2, -0.15) is 0 Å². The van der Waals surface area contributed by atoms with E-state index in [1.165, 1.54) is 11.1 Å². The van der Waals surface area contributed by atoms with Gasteiger partial charge in [-0.3, -0.25) is 4.79 Å². The normalized spacial score (nSPS) is 17.2. The lowest BCUT2D eigenvalue weighted by Crippen LogP contribution is -2.31. The Bertz CT molecular complexity index is 448. The van der Waals surface area contributed by atoms with Crippen LogP contribution in [0, 0.1) is 0 Å². The van der Waals surface area contributed by atoms with E-state index in [9.17, 15) is 4.79 Å². The second-order valence-corrected chi connectivity index (χ2v) is 4.66. The van der Waals surface area contributed by atoms with E-state index < -0.39 is 0 Å². The fourth-order valence-electron chi connectivity index (χ4n) is 2.33. The number of hydrogen-bond donors (Lipinski definition) is 2. The quantitative estimate of drug-likeness (QED) is 0.594. The molecule has 3 N–H and O–H groups in total. The summed E-state index contributed by atoms with van der Waals surface area (Å²) >= 11 is 0. The highest BCUT2D eigenvalue weighted by Crippen LogP contribution is 2.32. The Morgan fingerprint density at radius 1 is 1.47 bits per heavy atom. The van der Waals surface area contributed by atoms with Crippen LogP contribution in [0.3, 0.4) is 0 Å². The molecular weight excluding hydrogens is 244 g/mol. The molecule has 1 aromatic rings. The van der Waals surface area contributed by atoms with Crippen molar-refractivity contribution in [2.75, 3.05) is 32.7 Å². The molecule has 5 nitrogen and oxygen atoms in total. The zero-order valence-corrected chi connectivity index (χ0v) is 11.1. The molecule has 0 radical (unpaired) electrons. The second-order valence-electron chi connectivity index (χ2n) is 4.66. The van der Waals surface area contributed by atoms with E-state index >= 15 is 0 Å². The SMILES string of the molecule is COCCOCC(=O)NC1CCc2cc(N)ccc21. The number of hydrogen-bond acceptors (Lipinski definition) is 4. The highest BCUT2D eigenvalue weighted by Gasteiger charge is 2.23. The minimum absolute atomic E-state index is 0.0736. The molecule has 0 heterocycles. The van der Waals surface area contributed by atoms with Gasteiger partial charge in [0.15, 0.2) is 0 Å². The summed E-state index contributed by atoms with van der Waals surface area (Å²) in [4.78, 5) is 11.7. The number of ether oxygens (including phenoxy) is 2. The van der Waals surface area contributed by atoms with Crippen molar-refractivity contribution >= 4 is 11.6 Å². The Labute approximate surface area is 113 Å². The van der Waals surface area contributed by atoms with Crippen LogP contribution in [0.1, 0.15) is 23.6 Å². The number of nitrogens with two attached hydrogens (primary N) is 1. The largest absolute Gasteiger partial charge is 0.399 e. The predicted molar refractivity (Wildman–Crippen MR) is 72.8 cm³/mol. The summed E-state index contributed by atoms with van der Waals surface area (Å²) in [5.74, 6) is -0.0919. The van der Waals surface area contributed by atoms with Crippen LogP contribution in [-0.2, 0) is 20.7 Å². The average molecular weight is 264 g/mol. The predicted octanol–water partition coefficient (Wildman–Crippen LogP) is 1.04. The Morgan fingerprint density at radius 3 is 3.11 bits per heavy atom. The number of aryl methyl sites for hydroxylation is 1. The molecule has 1 aliphatic carbocycles. The molecule has 0 saturated carbocycles.